The molecule has 0 amide bonds. The number of carbonyl (C=O) groups is 1. The topological polar surface area (TPSA) is 64.9 Å². The van der Waals surface area contributed by atoms with Crippen molar-refractivity contribution in [3.8, 4) is 0 Å². The van der Waals surface area contributed by atoms with Gasteiger partial charge in [0.05, 0.1) is 6.10 Å². The molecule has 0 bridgehead atoms. The zero-order valence-electron chi connectivity index (χ0n) is 12.4. The molecule has 1 unspecified atom stereocenters. The molecule has 1 aliphatic heterocycles. The van der Waals surface area contributed by atoms with Crippen molar-refractivity contribution >= 4 is 12.1 Å². The smallest absolute Gasteiger partial charge is 0.185 e. The molecule has 5 heteroatoms. The van der Waals surface area contributed by atoms with Gasteiger partial charge in [-0.2, -0.15) is 0 Å². The number of nitrogens with one attached hydrogen (secondary N) is 1. The summed E-state index contributed by atoms with van der Waals surface area (Å²) in [6.07, 6.45) is 7.47. The highest BCUT2D eigenvalue weighted by molar-refractivity contribution is 6.27. The average Bonchev–Trinajstić information content (AvgIpc) is 2.82. The van der Waals surface area contributed by atoms with E-state index in [9.17, 15) is 9.90 Å². The molecule has 1 heterocycles. The van der Waals surface area contributed by atoms with Crippen LogP contribution in [0.1, 0.15) is 39.0 Å². The van der Waals surface area contributed by atoms with Crippen LogP contribution in [0.5, 0.6) is 0 Å². The van der Waals surface area contributed by atoms with Gasteiger partial charge >= 0.3 is 0 Å². The lowest BCUT2D eigenvalue weighted by Gasteiger charge is -2.39. The minimum Gasteiger partial charge on any atom is -0.393 e. The summed E-state index contributed by atoms with van der Waals surface area (Å²) in [5.74, 6) is 0.507. The number of allylic oxidation sites excluding steroid dienone is 1. The van der Waals surface area contributed by atoms with Gasteiger partial charge in [-0.3, -0.25) is 4.79 Å². The van der Waals surface area contributed by atoms with Crippen molar-refractivity contribution in [1.82, 2.24) is 10.2 Å². The molecular formula is C15H25N3O2. The molecule has 2 aliphatic rings. The average molecular weight is 279 g/mol. The van der Waals surface area contributed by atoms with Crippen molar-refractivity contribution in [2.45, 2.75) is 45.1 Å². The van der Waals surface area contributed by atoms with Crippen LogP contribution in [0.2, 0.25) is 0 Å². The number of aliphatic imine (C=N–C) groups is 1. The standard InChI is InChI=1S/C15H25N3O2/c1-12(16-2)10-17-14(11-19)18-7-5-15(6-8-18)4-3-13(20)9-15/h10-11,13,16,20H,3-9H2,1-2H3/b12-10-,17-14?. The molecule has 112 valence electrons. The number of carbonyl (C=O) groups excluding carboxylic acids is 1. The van der Waals surface area contributed by atoms with Gasteiger partial charge in [-0.25, -0.2) is 4.99 Å². The number of aliphatic hydroxyl groups is 1. The number of amidine groups is 1. The molecule has 1 saturated heterocycles. The van der Waals surface area contributed by atoms with Crippen LogP contribution in [0, 0.1) is 5.41 Å². The van der Waals surface area contributed by atoms with Crippen LogP contribution in [0.15, 0.2) is 16.9 Å². The maximum atomic E-state index is 11.2. The molecule has 0 radical (unpaired) electrons. The molecule has 1 aliphatic carbocycles. The Labute approximate surface area is 120 Å². The van der Waals surface area contributed by atoms with Crippen LogP contribution < -0.4 is 5.32 Å². The first-order chi connectivity index (χ1) is 9.58. The van der Waals surface area contributed by atoms with Gasteiger partial charge in [0, 0.05) is 32.0 Å². The second-order valence-electron chi connectivity index (χ2n) is 6.05. The van der Waals surface area contributed by atoms with Crippen LogP contribution in [0.25, 0.3) is 0 Å². The first-order valence-corrected chi connectivity index (χ1v) is 7.39. The molecule has 0 aromatic heterocycles. The number of aliphatic hydroxyl groups excluding tert-OH is 1. The summed E-state index contributed by atoms with van der Waals surface area (Å²) >= 11 is 0. The van der Waals surface area contributed by atoms with Gasteiger partial charge in [0.1, 0.15) is 0 Å². The second kappa shape index (κ2) is 6.39. The molecule has 20 heavy (non-hydrogen) atoms. The lowest BCUT2D eigenvalue weighted by molar-refractivity contribution is -0.103. The lowest BCUT2D eigenvalue weighted by Crippen LogP contribution is -2.43. The van der Waals surface area contributed by atoms with Crippen molar-refractivity contribution in [2.24, 2.45) is 10.4 Å². The van der Waals surface area contributed by atoms with Crippen LogP contribution in [-0.2, 0) is 4.79 Å². The van der Waals surface area contributed by atoms with Crippen molar-refractivity contribution < 1.29 is 9.90 Å². The van der Waals surface area contributed by atoms with Crippen molar-refractivity contribution in [3.63, 3.8) is 0 Å². The van der Waals surface area contributed by atoms with E-state index >= 15 is 0 Å². The Balaban J connectivity index is 1.96. The SMILES string of the molecule is CN/C(C)=C\N=C(C=O)N1CCC2(CCC(O)C2)CC1. The fourth-order valence-corrected chi connectivity index (χ4v) is 3.26. The van der Waals surface area contributed by atoms with Crippen molar-refractivity contribution in [2.75, 3.05) is 20.1 Å². The minimum absolute atomic E-state index is 0.123. The third-order valence-corrected chi connectivity index (χ3v) is 4.71. The monoisotopic (exact) mass is 279 g/mol. The number of piperidine rings is 1. The summed E-state index contributed by atoms with van der Waals surface area (Å²) in [5, 5.41) is 12.7. The van der Waals surface area contributed by atoms with Gasteiger partial charge in [-0.05, 0) is 44.4 Å². The van der Waals surface area contributed by atoms with Gasteiger partial charge in [-0.15, -0.1) is 0 Å². The molecule has 1 saturated carbocycles. The summed E-state index contributed by atoms with van der Waals surface area (Å²) in [5.41, 5.74) is 1.23. The molecule has 0 aromatic carbocycles. The van der Waals surface area contributed by atoms with E-state index in [1.807, 2.05) is 14.0 Å². The molecule has 0 aromatic rings. The predicted molar refractivity (Wildman–Crippen MR) is 79.4 cm³/mol. The molecule has 5 nitrogen and oxygen atoms in total. The zero-order valence-corrected chi connectivity index (χ0v) is 12.4. The summed E-state index contributed by atoms with van der Waals surface area (Å²) in [6.45, 7) is 3.63. The second-order valence-corrected chi connectivity index (χ2v) is 6.05. The number of rotatable bonds is 3. The van der Waals surface area contributed by atoms with Crippen LogP contribution in [0.3, 0.4) is 0 Å². The molecule has 1 spiro atoms. The number of aldehydes is 1. The zero-order chi connectivity index (χ0) is 14.6. The third-order valence-electron chi connectivity index (χ3n) is 4.71. The fourth-order valence-electron chi connectivity index (χ4n) is 3.26. The van der Waals surface area contributed by atoms with Crippen molar-refractivity contribution in [3.05, 3.63) is 11.9 Å². The molecule has 1 atom stereocenters. The van der Waals surface area contributed by atoms with E-state index in [4.69, 9.17) is 0 Å². The van der Waals surface area contributed by atoms with Gasteiger partial charge in [-0.1, -0.05) is 0 Å². The Hall–Kier alpha value is -1.36. The number of hydrogen-bond acceptors (Lipinski definition) is 4. The molecular weight excluding hydrogens is 254 g/mol. The van der Waals surface area contributed by atoms with Crippen molar-refractivity contribution in [1.29, 1.82) is 0 Å². The lowest BCUT2D eigenvalue weighted by atomic mass is 9.77. The van der Waals surface area contributed by atoms with E-state index in [1.54, 1.807) is 6.20 Å². The van der Waals surface area contributed by atoms with E-state index in [2.05, 4.69) is 15.2 Å². The minimum atomic E-state index is -0.123. The third kappa shape index (κ3) is 3.39. The Morgan fingerprint density at radius 1 is 1.40 bits per heavy atom. The summed E-state index contributed by atoms with van der Waals surface area (Å²) < 4.78 is 0. The van der Waals surface area contributed by atoms with Crippen LogP contribution in [-0.4, -0.2) is 48.4 Å². The first-order valence-electron chi connectivity index (χ1n) is 7.39. The highest BCUT2D eigenvalue weighted by Crippen LogP contribution is 2.46. The van der Waals surface area contributed by atoms with Gasteiger partial charge in [0.25, 0.3) is 0 Å². The molecule has 2 rings (SSSR count). The number of nitrogens with zero attached hydrogens (tertiary/aromatic N) is 2. The van der Waals surface area contributed by atoms with E-state index in [1.165, 1.54) is 0 Å². The fraction of sp³-hybridized carbons (Fsp3) is 0.733. The highest BCUT2D eigenvalue weighted by atomic mass is 16.3. The van der Waals surface area contributed by atoms with E-state index in [0.29, 0.717) is 11.3 Å². The maximum absolute atomic E-state index is 11.2. The van der Waals surface area contributed by atoms with E-state index in [0.717, 1.165) is 57.2 Å². The summed E-state index contributed by atoms with van der Waals surface area (Å²) in [6, 6.07) is 0. The van der Waals surface area contributed by atoms with E-state index in [-0.39, 0.29) is 6.10 Å². The normalized spacial score (nSPS) is 26.9. The van der Waals surface area contributed by atoms with Crippen LogP contribution >= 0.6 is 0 Å². The highest BCUT2D eigenvalue weighted by Gasteiger charge is 2.41. The Morgan fingerprint density at radius 2 is 2.10 bits per heavy atom. The predicted octanol–water partition coefficient (Wildman–Crippen LogP) is 1.29. The molecule has 2 N–H and O–H groups in total. The van der Waals surface area contributed by atoms with E-state index < -0.39 is 0 Å². The van der Waals surface area contributed by atoms with Crippen LogP contribution in [0.4, 0.5) is 0 Å². The van der Waals surface area contributed by atoms with Gasteiger partial charge in [0.15, 0.2) is 12.1 Å². The Kier molecular flexibility index (Phi) is 4.81. The first kappa shape index (κ1) is 15.0. The number of likely N-dealkylation sites (tertiary alicyclic amines) is 1. The summed E-state index contributed by atoms with van der Waals surface area (Å²) in [7, 11) is 1.83. The summed E-state index contributed by atoms with van der Waals surface area (Å²) in [4.78, 5) is 17.5. The maximum Gasteiger partial charge on any atom is 0.185 e. The van der Waals surface area contributed by atoms with Gasteiger partial charge < -0.3 is 15.3 Å². The Bertz CT molecular complexity index is 409. The quantitative estimate of drug-likeness (QED) is 0.464. The number of hydrogen-bond donors (Lipinski definition) is 2. The molecule has 2 fully saturated rings. The largest absolute Gasteiger partial charge is 0.393 e. The Morgan fingerprint density at radius 3 is 2.60 bits per heavy atom. The van der Waals surface area contributed by atoms with Gasteiger partial charge in [0.2, 0.25) is 0 Å².